The molecular formula is C17H14ClFN2. The summed E-state index contributed by atoms with van der Waals surface area (Å²) in [6.45, 7) is 0. The van der Waals surface area contributed by atoms with Crippen LogP contribution in [0.25, 0.3) is 10.9 Å². The Labute approximate surface area is 127 Å². The number of benzene rings is 2. The van der Waals surface area contributed by atoms with Crippen molar-refractivity contribution in [1.29, 1.82) is 0 Å². The second kappa shape index (κ2) is 5.80. The van der Waals surface area contributed by atoms with Crippen LogP contribution in [0.4, 0.5) is 4.39 Å². The van der Waals surface area contributed by atoms with E-state index in [1.165, 1.54) is 6.07 Å². The van der Waals surface area contributed by atoms with E-state index in [4.69, 9.17) is 17.3 Å². The zero-order chi connectivity index (χ0) is 14.8. The normalized spacial score (nSPS) is 12.5. The number of nitrogens with zero attached hydrogens (tertiary/aromatic N) is 1. The molecule has 1 aromatic heterocycles. The van der Waals surface area contributed by atoms with Crippen molar-refractivity contribution < 1.29 is 4.39 Å². The van der Waals surface area contributed by atoms with E-state index in [0.717, 1.165) is 16.5 Å². The molecule has 106 valence electrons. The van der Waals surface area contributed by atoms with Crippen molar-refractivity contribution in [2.24, 2.45) is 5.73 Å². The summed E-state index contributed by atoms with van der Waals surface area (Å²) in [5.41, 5.74) is 8.64. The summed E-state index contributed by atoms with van der Waals surface area (Å²) in [4.78, 5) is 4.31. The lowest BCUT2D eigenvalue weighted by atomic mass is 9.96. The van der Waals surface area contributed by atoms with Crippen molar-refractivity contribution in [2.75, 3.05) is 0 Å². The number of hydrogen-bond donors (Lipinski definition) is 1. The highest BCUT2D eigenvalue weighted by Crippen LogP contribution is 2.26. The second-order valence-electron chi connectivity index (χ2n) is 4.94. The number of fused-ring (bicyclic) bond motifs is 1. The SMILES string of the molecule is NC(Cc1cccc(Cl)c1F)c1cccc2ncccc12. The molecule has 2 aromatic carbocycles. The number of pyridine rings is 1. The van der Waals surface area contributed by atoms with E-state index >= 15 is 0 Å². The highest BCUT2D eigenvalue weighted by atomic mass is 35.5. The number of nitrogens with two attached hydrogens (primary N) is 1. The van der Waals surface area contributed by atoms with Gasteiger partial charge in [0, 0.05) is 17.6 Å². The molecule has 3 rings (SSSR count). The van der Waals surface area contributed by atoms with Crippen molar-refractivity contribution in [3.63, 3.8) is 0 Å². The van der Waals surface area contributed by atoms with Crippen LogP contribution in [0.15, 0.2) is 54.7 Å². The summed E-state index contributed by atoms with van der Waals surface area (Å²) in [5, 5.41) is 1.12. The monoisotopic (exact) mass is 300 g/mol. The predicted molar refractivity (Wildman–Crippen MR) is 83.8 cm³/mol. The van der Waals surface area contributed by atoms with Crippen molar-refractivity contribution in [3.8, 4) is 0 Å². The van der Waals surface area contributed by atoms with Gasteiger partial charge in [0.25, 0.3) is 0 Å². The summed E-state index contributed by atoms with van der Waals surface area (Å²) >= 11 is 5.81. The first-order valence-corrected chi connectivity index (χ1v) is 7.06. The molecule has 1 atom stereocenters. The molecule has 1 heterocycles. The lowest BCUT2D eigenvalue weighted by molar-refractivity contribution is 0.594. The lowest BCUT2D eigenvalue weighted by Crippen LogP contribution is -2.14. The Hall–Kier alpha value is -1.97. The first kappa shape index (κ1) is 14.0. The third kappa shape index (κ3) is 2.75. The van der Waals surface area contributed by atoms with Crippen LogP contribution in [0.5, 0.6) is 0 Å². The van der Waals surface area contributed by atoms with E-state index in [-0.39, 0.29) is 11.1 Å². The van der Waals surface area contributed by atoms with E-state index in [9.17, 15) is 4.39 Å². The fraction of sp³-hybridized carbons (Fsp3) is 0.118. The molecular weight excluding hydrogens is 287 g/mol. The molecule has 4 heteroatoms. The first-order chi connectivity index (χ1) is 10.2. The second-order valence-corrected chi connectivity index (χ2v) is 5.35. The Morgan fingerprint density at radius 1 is 1.10 bits per heavy atom. The molecule has 2 nitrogen and oxygen atoms in total. The molecule has 0 aliphatic heterocycles. The van der Waals surface area contributed by atoms with Crippen molar-refractivity contribution >= 4 is 22.5 Å². The average Bonchev–Trinajstić information content (AvgIpc) is 2.51. The molecule has 21 heavy (non-hydrogen) atoms. The fourth-order valence-corrected chi connectivity index (χ4v) is 2.70. The Bertz CT molecular complexity index is 783. The summed E-state index contributed by atoms with van der Waals surface area (Å²) in [6.07, 6.45) is 2.13. The highest BCUT2D eigenvalue weighted by molar-refractivity contribution is 6.30. The molecule has 3 aromatic rings. The van der Waals surface area contributed by atoms with E-state index in [0.29, 0.717) is 12.0 Å². The third-order valence-electron chi connectivity index (χ3n) is 3.55. The van der Waals surface area contributed by atoms with Crippen LogP contribution in [0.3, 0.4) is 0 Å². The molecule has 0 radical (unpaired) electrons. The first-order valence-electron chi connectivity index (χ1n) is 6.69. The van der Waals surface area contributed by atoms with Crippen molar-refractivity contribution in [2.45, 2.75) is 12.5 Å². The van der Waals surface area contributed by atoms with Gasteiger partial charge in [-0.15, -0.1) is 0 Å². The molecule has 0 aliphatic rings. The Morgan fingerprint density at radius 2 is 1.90 bits per heavy atom. The maximum Gasteiger partial charge on any atom is 0.145 e. The minimum Gasteiger partial charge on any atom is -0.324 e. The summed E-state index contributed by atoms with van der Waals surface area (Å²) < 4.78 is 14.0. The molecule has 0 fully saturated rings. The summed E-state index contributed by atoms with van der Waals surface area (Å²) in [5.74, 6) is -0.395. The van der Waals surface area contributed by atoms with E-state index in [1.54, 1.807) is 18.3 Å². The molecule has 0 spiro atoms. The number of aromatic nitrogens is 1. The molecule has 0 aliphatic carbocycles. The number of halogens is 2. The molecule has 0 bridgehead atoms. The van der Waals surface area contributed by atoms with Gasteiger partial charge >= 0.3 is 0 Å². The van der Waals surface area contributed by atoms with Crippen LogP contribution < -0.4 is 5.73 Å². The third-order valence-corrected chi connectivity index (χ3v) is 3.84. The Balaban J connectivity index is 1.97. The smallest absolute Gasteiger partial charge is 0.145 e. The topological polar surface area (TPSA) is 38.9 Å². The summed E-state index contributed by atoms with van der Waals surface area (Å²) in [6, 6.07) is 14.3. The van der Waals surface area contributed by atoms with E-state index < -0.39 is 5.82 Å². The van der Waals surface area contributed by atoms with Crippen LogP contribution in [0.1, 0.15) is 17.2 Å². The quantitative estimate of drug-likeness (QED) is 0.784. The van der Waals surface area contributed by atoms with Gasteiger partial charge < -0.3 is 5.73 Å². The van der Waals surface area contributed by atoms with Crippen LogP contribution in [-0.2, 0) is 6.42 Å². The van der Waals surface area contributed by atoms with Gasteiger partial charge in [-0.25, -0.2) is 4.39 Å². The van der Waals surface area contributed by atoms with Gasteiger partial charge in [-0.3, -0.25) is 4.98 Å². The van der Waals surface area contributed by atoms with Gasteiger partial charge in [-0.2, -0.15) is 0 Å². The van der Waals surface area contributed by atoms with Gasteiger partial charge in [0.2, 0.25) is 0 Å². The lowest BCUT2D eigenvalue weighted by Gasteiger charge is -2.15. The Kier molecular flexibility index (Phi) is 3.86. The molecule has 0 saturated heterocycles. The van der Waals surface area contributed by atoms with Gasteiger partial charge in [-0.1, -0.05) is 41.9 Å². The number of hydrogen-bond acceptors (Lipinski definition) is 2. The van der Waals surface area contributed by atoms with Gasteiger partial charge in [0.05, 0.1) is 10.5 Å². The molecule has 1 unspecified atom stereocenters. The maximum atomic E-state index is 14.0. The number of rotatable bonds is 3. The fourth-order valence-electron chi connectivity index (χ4n) is 2.50. The van der Waals surface area contributed by atoms with E-state index in [2.05, 4.69) is 4.98 Å². The minimum absolute atomic E-state index is 0.124. The highest BCUT2D eigenvalue weighted by Gasteiger charge is 2.14. The zero-order valence-corrected chi connectivity index (χ0v) is 12.0. The minimum atomic E-state index is -0.395. The van der Waals surface area contributed by atoms with Crippen molar-refractivity contribution in [3.05, 3.63) is 76.7 Å². The van der Waals surface area contributed by atoms with Gasteiger partial charge in [0.1, 0.15) is 5.82 Å². The average molecular weight is 301 g/mol. The Morgan fingerprint density at radius 3 is 2.76 bits per heavy atom. The van der Waals surface area contributed by atoms with E-state index in [1.807, 2.05) is 30.3 Å². The molecule has 2 N–H and O–H groups in total. The summed E-state index contributed by atoms with van der Waals surface area (Å²) in [7, 11) is 0. The predicted octanol–water partition coefficient (Wildman–Crippen LogP) is 4.27. The van der Waals surface area contributed by atoms with Gasteiger partial charge in [-0.05, 0) is 35.7 Å². The van der Waals surface area contributed by atoms with Crippen LogP contribution in [0.2, 0.25) is 5.02 Å². The zero-order valence-electron chi connectivity index (χ0n) is 11.3. The van der Waals surface area contributed by atoms with Crippen LogP contribution >= 0.6 is 11.6 Å². The van der Waals surface area contributed by atoms with Crippen molar-refractivity contribution in [1.82, 2.24) is 4.98 Å². The molecule has 0 saturated carbocycles. The van der Waals surface area contributed by atoms with Crippen LogP contribution in [-0.4, -0.2) is 4.98 Å². The molecule has 0 amide bonds. The largest absolute Gasteiger partial charge is 0.324 e. The van der Waals surface area contributed by atoms with Gasteiger partial charge in [0.15, 0.2) is 0 Å². The standard InChI is InChI=1S/C17H14ClFN2/c18-14-7-1-4-11(17(14)19)10-15(20)12-5-2-8-16-13(12)6-3-9-21-16/h1-9,15H,10,20H2. The maximum absolute atomic E-state index is 14.0. The van der Waals surface area contributed by atoms with Crippen LogP contribution in [0, 0.1) is 5.82 Å².